The van der Waals surface area contributed by atoms with E-state index in [0.29, 0.717) is 55.6 Å². The largest absolute Gasteiger partial charge is 0.446 e. The number of para-hydroxylation sites is 1. The summed E-state index contributed by atoms with van der Waals surface area (Å²) in [6.07, 6.45) is 1.55. The zero-order chi connectivity index (χ0) is 23.0. The van der Waals surface area contributed by atoms with Gasteiger partial charge >= 0.3 is 5.63 Å². The smallest absolute Gasteiger partial charge is 0.344 e. The fraction of sp³-hybridized carbons (Fsp3) is 0.0833. The van der Waals surface area contributed by atoms with Gasteiger partial charge in [-0.1, -0.05) is 12.1 Å². The lowest BCUT2D eigenvalue weighted by Gasteiger charge is -2.26. The Morgan fingerprint density at radius 3 is 2.74 bits per heavy atom. The molecule has 0 fully saturated rings. The normalized spacial score (nSPS) is 14.8. The SMILES string of the molecule is Cc1ccc(C2c3c(c4ccccc4oc3=O)Oc3ncn4nc(-c5ccc(Br)o5)nc4c32)s1. The molecule has 1 aliphatic heterocycles. The lowest BCUT2D eigenvalue weighted by atomic mass is 9.88. The van der Waals surface area contributed by atoms with E-state index < -0.39 is 11.5 Å². The predicted octanol–water partition coefficient (Wildman–Crippen LogP) is 5.91. The molecule has 0 saturated carbocycles. The second kappa shape index (κ2) is 7.12. The van der Waals surface area contributed by atoms with Gasteiger partial charge in [0.2, 0.25) is 11.7 Å². The van der Waals surface area contributed by atoms with E-state index in [4.69, 9.17) is 18.6 Å². The summed E-state index contributed by atoms with van der Waals surface area (Å²) in [5, 5.41) is 5.25. The molecule has 1 aliphatic rings. The van der Waals surface area contributed by atoms with Crippen LogP contribution < -0.4 is 10.4 Å². The Hall–Kier alpha value is -3.76. The molecule has 6 aromatic rings. The van der Waals surface area contributed by atoms with Crippen molar-refractivity contribution >= 4 is 43.9 Å². The van der Waals surface area contributed by atoms with Gasteiger partial charge in [0.1, 0.15) is 11.9 Å². The van der Waals surface area contributed by atoms with E-state index in [2.05, 4.69) is 26.0 Å². The maximum absolute atomic E-state index is 13.3. The van der Waals surface area contributed by atoms with Crippen LogP contribution in [0.3, 0.4) is 0 Å². The lowest BCUT2D eigenvalue weighted by molar-refractivity contribution is 0.423. The second-order valence-corrected chi connectivity index (χ2v) is 9.98. The number of aromatic nitrogens is 4. The average molecular weight is 533 g/mol. The number of hydrogen-bond donors (Lipinski definition) is 0. The van der Waals surface area contributed by atoms with Crippen molar-refractivity contribution in [1.29, 1.82) is 0 Å². The minimum Gasteiger partial charge on any atom is -0.446 e. The number of rotatable bonds is 2. The van der Waals surface area contributed by atoms with Gasteiger partial charge < -0.3 is 13.6 Å². The van der Waals surface area contributed by atoms with Crippen molar-refractivity contribution in [2.24, 2.45) is 0 Å². The van der Waals surface area contributed by atoms with Crippen LogP contribution in [0.4, 0.5) is 0 Å². The van der Waals surface area contributed by atoms with E-state index in [1.165, 1.54) is 0 Å². The first kappa shape index (κ1) is 19.7. The van der Waals surface area contributed by atoms with Crippen LogP contribution in [-0.2, 0) is 0 Å². The maximum atomic E-state index is 13.3. The Morgan fingerprint density at radius 2 is 1.94 bits per heavy atom. The number of halogens is 1. The summed E-state index contributed by atoms with van der Waals surface area (Å²) in [4.78, 5) is 24.7. The Labute approximate surface area is 203 Å². The van der Waals surface area contributed by atoms with Crippen LogP contribution in [0, 0.1) is 6.92 Å². The third kappa shape index (κ3) is 2.82. The van der Waals surface area contributed by atoms with Crippen molar-refractivity contribution < 1.29 is 13.6 Å². The summed E-state index contributed by atoms with van der Waals surface area (Å²) in [5.74, 6) is 1.28. The number of thiophene rings is 1. The number of hydrogen-bond acceptors (Lipinski definition) is 8. The molecule has 0 spiro atoms. The van der Waals surface area contributed by atoms with Crippen LogP contribution >= 0.6 is 27.3 Å². The molecule has 0 aliphatic carbocycles. The Morgan fingerprint density at radius 1 is 1.06 bits per heavy atom. The molecule has 166 valence electrons. The Bertz CT molecular complexity index is 1820. The van der Waals surface area contributed by atoms with Crippen LogP contribution in [0.15, 0.2) is 73.2 Å². The lowest BCUT2D eigenvalue weighted by Crippen LogP contribution is -2.21. The van der Waals surface area contributed by atoms with Crippen molar-refractivity contribution in [3.63, 3.8) is 0 Å². The monoisotopic (exact) mass is 532 g/mol. The van der Waals surface area contributed by atoms with E-state index >= 15 is 0 Å². The first-order chi connectivity index (χ1) is 16.6. The Balaban J connectivity index is 1.56. The highest BCUT2D eigenvalue weighted by Crippen LogP contribution is 2.50. The summed E-state index contributed by atoms with van der Waals surface area (Å²) >= 11 is 4.92. The summed E-state index contributed by atoms with van der Waals surface area (Å²) in [6, 6.07) is 14.9. The summed E-state index contributed by atoms with van der Waals surface area (Å²) in [7, 11) is 0. The third-order valence-corrected chi connectivity index (χ3v) is 7.29. The number of fused-ring (bicyclic) bond motifs is 6. The highest BCUT2D eigenvalue weighted by Gasteiger charge is 2.38. The van der Waals surface area contributed by atoms with E-state index in [1.54, 1.807) is 40.4 Å². The quantitative estimate of drug-likeness (QED) is 0.255. The van der Waals surface area contributed by atoms with Gasteiger partial charge in [-0.3, -0.25) is 0 Å². The molecule has 7 rings (SSSR count). The van der Waals surface area contributed by atoms with Gasteiger partial charge in [-0.15, -0.1) is 16.4 Å². The zero-order valence-corrected chi connectivity index (χ0v) is 19.9. The highest BCUT2D eigenvalue weighted by molar-refractivity contribution is 9.10. The van der Waals surface area contributed by atoms with Gasteiger partial charge in [0, 0.05) is 9.75 Å². The molecule has 1 aromatic carbocycles. The van der Waals surface area contributed by atoms with Crippen LogP contribution in [0.2, 0.25) is 0 Å². The molecule has 0 radical (unpaired) electrons. The molecule has 0 N–H and O–H groups in total. The first-order valence-electron chi connectivity index (χ1n) is 10.4. The average Bonchev–Trinajstić information content (AvgIpc) is 3.57. The molecular weight excluding hydrogens is 520 g/mol. The first-order valence-corrected chi connectivity index (χ1v) is 12.0. The Kier molecular flexibility index (Phi) is 4.12. The number of nitrogens with zero attached hydrogens (tertiary/aromatic N) is 4. The van der Waals surface area contributed by atoms with Gasteiger partial charge in [0.05, 0.1) is 22.4 Å². The molecular formula is C24H13BrN4O4S. The van der Waals surface area contributed by atoms with Crippen molar-refractivity contribution in [2.75, 3.05) is 0 Å². The topological polar surface area (TPSA) is 95.7 Å². The predicted molar refractivity (Wildman–Crippen MR) is 129 cm³/mol. The maximum Gasteiger partial charge on any atom is 0.344 e. The van der Waals surface area contributed by atoms with E-state index in [0.717, 1.165) is 9.75 Å². The van der Waals surface area contributed by atoms with Crippen molar-refractivity contribution in [1.82, 2.24) is 19.6 Å². The summed E-state index contributed by atoms with van der Waals surface area (Å²) in [6.45, 7) is 2.03. The molecule has 1 atom stereocenters. The van der Waals surface area contributed by atoms with Crippen LogP contribution in [0.1, 0.15) is 26.8 Å². The molecule has 1 unspecified atom stereocenters. The standard InChI is InChI=1S/C24H13BrN4O4S/c1-11-6-8-15(34-11)17-18-20(12-4-2-3-5-13(12)32-24(18)30)33-23-19(17)22-27-21(28-29(22)10-26-23)14-7-9-16(25)31-14/h2-10,17H,1H3. The van der Waals surface area contributed by atoms with Crippen molar-refractivity contribution in [3.05, 3.63) is 90.8 Å². The number of benzene rings is 1. The van der Waals surface area contributed by atoms with Gasteiger partial charge in [-0.2, -0.15) is 0 Å². The molecule has 0 bridgehead atoms. The van der Waals surface area contributed by atoms with Crippen molar-refractivity contribution in [2.45, 2.75) is 12.8 Å². The number of aryl methyl sites for hydroxylation is 1. The van der Waals surface area contributed by atoms with E-state index in [1.807, 2.05) is 37.3 Å². The van der Waals surface area contributed by atoms with E-state index in [-0.39, 0.29) is 0 Å². The molecule has 0 saturated heterocycles. The number of furan rings is 1. The van der Waals surface area contributed by atoms with Gasteiger partial charge in [0.25, 0.3) is 0 Å². The van der Waals surface area contributed by atoms with Crippen LogP contribution in [-0.4, -0.2) is 19.6 Å². The third-order valence-electron chi connectivity index (χ3n) is 5.80. The van der Waals surface area contributed by atoms with Crippen molar-refractivity contribution in [3.8, 4) is 23.2 Å². The molecule has 10 heteroatoms. The zero-order valence-electron chi connectivity index (χ0n) is 17.5. The molecule has 8 nitrogen and oxygen atoms in total. The van der Waals surface area contributed by atoms with Crippen LogP contribution in [0.5, 0.6) is 11.6 Å². The highest BCUT2D eigenvalue weighted by atomic mass is 79.9. The van der Waals surface area contributed by atoms with E-state index in [9.17, 15) is 4.79 Å². The molecule has 0 amide bonds. The van der Waals surface area contributed by atoms with Gasteiger partial charge in [0.15, 0.2) is 21.8 Å². The fourth-order valence-electron chi connectivity index (χ4n) is 4.36. The van der Waals surface area contributed by atoms with Gasteiger partial charge in [-0.05, 0) is 59.3 Å². The second-order valence-electron chi connectivity index (χ2n) is 7.88. The summed E-state index contributed by atoms with van der Waals surface area (Å²) in [5.41, 5.74) is 1.62. The van der Waals surface area contributed by atoms with Gasteiger partial charge in [-0.25, -0.2) is 19.3 Å². The summed E-state index contributed by atoms with van der Waals surface area (Å²) < 4.78 is 19.8. The van der Waals surface area contributed by atoms with Crippen LogP contribution in [0.25, 0.3) is 28.2 Å². The number of ether oxygens (including phenoxy) is 1. The molecule has 5 aromatic heterocycles. The minimum atomic E-state index is -0.477. The minimum absolute atomic E-state index is 0.381. The molecule has 34 heavy (non-hydrogen) atoms. The molecule has 6 heterocycles. The fourth-order valence-corrected chi connectivity index (χ4v) is 5.67.